The fourth-order valence-corrected chi connectivity index (χ4v) is 3.76. The molecule has 150 valence electrons. The molecule has 0 bridgehead atoms. The number of nitrogens with one attached hydrogen (secondary N) is 3. The molecule has 0 unspecified atom stereocenters. The number of carbonyl (C=O) groups excluding carboxylic acids is 1. The van der Waals surface area contributed by atoms with Gasteiger partial charge < -0.3 is 16.0 Å². The van der Waals surface area contributed by atoms with Crippen molar-refractivity contribution in [2.24, 2.45) is 4.99 Å². The van der Waals surface area contributed by atoms with Crippen LogP contribution in [0.2, 0.25) is 0 Å². The monoisotopic (exact) mass is 403 g/mol. The first-order valence-corrected chi connectivity index (χ1v) is 10.4. The number of amides is 1. The molecule has 28 heavy (non-hydrogen) atoms. The lowest BCUT2D eigenvalue weighted by atomic mass is 9.96. The van der Waals surface area contributed by atoms with Gasteiger partial charge in [0.15, 0.2) is 5.96 Å². The van der Waals surface area contributed by atoms with Crippen LogP contribution in [-0.2, 0) is 5.41 Å². The van der Waals surface area contributed by atoms with E-state index in [4.69, 9.17) is 0 Å². The normalized spacial score (nSPS) is 15.2. The van der Waals surface area contributed by atoms with Gasteiger partial charge in [0, 0.05) is 25.0 Å². The van der Waals surface area contributed by atoms with Gasteiger partial charge in [0.1, 0.15) is 10.7 Å². The zero-order valence-corrected chi connectivity index (χ0v) is 17.0. The Bertz CT molecular complexity index is 847. The van der Waals surface area contributed by atoms with Gasteiger partial charge in [-0.15, -0.1) is 11.3 Å². The first kappa shape index (κ1) is 20.3. The Morgan fingerprint density at radius 1 is 1.29 bits per heavy atom. The zero-order chi connectivity index (χ0) is 20.0. The van der Waals surface area contributed by atoms with Crippen LogP contribution in [0, 0.1) is 12.7 Å². The van der Waals surface area contributed by atoms with Crippen molar-refractivity contribution >= 4 is 23.2 Å². The Kier molecular flexibility index (Phi) is 6.61. The Morgan fingerprint density at radius 2 is 2.07 bits per heavy atom. The van der Waals surface area contributed by atoms with Crippen LogP contribution in [0.1, 0.15) is 40.7 Å². The molecule has 2 aromatic rings. The number of thiazole rings is 1. The number of carbonyl (C=O) groups is 1. The molecular weight excluding hydrogens is 377 g/mol. The van der Waals surface area contributed by atoms with Gasteiger partial charge in [-0.1, -0.05) is 12.1 Å². The molecule has 6 nitrogen and oxygen atoms in total. The molecule has 1 aliphatic rings. The second-order valence-electron chi connectivity index (χ2n) is 6.94. The van der Waals surface area contributed by atoms with E-state index in [1.165, 1.54) is 17.4 Å². The van der Waals surface area contributed by atoms with E-state index in [1.54, 1.807) is 17.6 Å². The maximum atomic E-state index is 13.5. The molecular formula is C20H26FN5OS. The minimum atomic E-state index is -0.204. The Morgan fingerprint density at radius 3 is 2.71 bits per heavy atom. The molecule has 1 fully saturated rings. The van der Waals surface area contributed by atoms with Crippen LogP contribution in [0.5, 0.6) is 0 Å². The number of hydrogen-bond donors (Lipinski definition) is 3. The summed E-state index contributed by atoms with van der Waals surface area (Å²) in [6, 6.07) is 6.81. The van der Waals surface area contributed by atoms with Gasteiger partial charge >= 0.3 is 0 Å². The summed E-state index contributed by atoms with van der Waals surface area (Å²) in [5, 5.41) is 9.34. The van der Waals surface area contributed by atoms with Crippen molar-refractivity contribution in [1.82, 2.24) is 20.9 Å². The van der Waals surface area contributed by atoms with Crippen LogP contribution in [0.15, 0.2) is 34.8 Å². The average Bonchev–Trinajstić information content (AvgIpc) is 3.36. The van der Waals surface area contributed by atoms with Gasteiger partial charge in [-0.05, 0) is 44.4 Å². The fourth-order valence-electron chi connectivity index (χ4n) is 3.04. The number of benzene rings is 1. The summed E-state index contributed by atoms with van der Waals surface area (Å²) in [6.45, 7) is 6.22. The van der Waals surface area contributed by atoms with Gasteiger partial charge in [0.05, 0.1) is 17.7 Å². The standard InChI is InChI=1S/C20H26FN5OS/c1-3-22-19(24-10-9-23-18(27)17-14(2)26-13-28-17)25-12-20(7-8-20)15-5-4-6-16(21)11-15/h4-6,11,13H,3,7-10,12H2,1-2H3,(H,23,27)(H2,22,24,25). The van der Waals surface area contributed by atoms with Crippen LogP contribution in [0.4, 0.5) is 4.39 Å². The quantitative estimate of drug-likeness (QED) is 0.360. The minimum absolute atomic E-state index is 0.0532. The molecule has 0 spiro atoms. The van der Waals surface area contributed by atoms with Crippen molar-refractivity contribution < 1.29 is 9.18 Å². The molecule has 1 saturated carbocycles. The molecule has 1 aromatic heterocycles. The summed E-state index contributed by atoms with van der Waals surface area (Å²) < 4.78 is 13.5. The summed E-state index contributed by atoms with van der Waals surface area (Å²) in [7, 11) is 0. The first-order chi connectivity index (χ1) is 13.5. The molecule has 0 saturated heterocycles. The van der Waals surface area contributed by atoms with Gasteiger partial charge in [-0.2, -0.15) is 0 Å². The maximum absolute atomic E-state index is 13.5. The van der Waals surface area contributed by atoms with E-state index >= 15 is 0 Å². The molecule has 1 aromatic carbocycles. The lowest BCUT2D eigenvalue weighted by molar-refractivity contribution is 0.0957. The van der Waals surface area contributed by atoms with Crippen molar-refractivity contribution in [3.8, 4) is 0 Å². The highest BCUT2D eigenvalue weighted by atomic mass is 32.1. The van der Waals surface area contributed by atoms with E-state index in [9.17, 15) is 9.18 Å². The highest BCUT2D eigenvalue weighted by molar-refractivity contribution is 7.11. The third-order valence-corrected chi connectivity index (χ3v) is 5.76. The molecule has 0 atom stereocenters. The molecule has 3 rings (SSSR count). The van der Waals surface area contributed by atoms with E-state index < -0.39 is 0 Å². The largest absolute Gasteiger partial charge is 0.357 e. The smallest absolute Gasteiger partial charge is 0.263 e. The Hall–Kier alpha value is -2.48. The second-order valence-corrected chi connectivity index (χ2v) is 7.79. The number of aromatic nitrogens is 1. The predicted octanol–water partition coefficient (Wildman–Crippen LogP) is 2.61. The highest BCUT2D eigenvalue weighted by Crippen LogP contribution is 2.48. The molecule has 0 aliphatic heterocycles. The SMILES string of the molecule is CCNC(=NCC1(c2cccc(F)c2)CC1)NCCNC(=O)c1scnc1C. The third kappa shape index (κ3) is 5.07. The summed E-state index contributed by atoms with van der Waals surface area (Å²) >= 11 is 1.34. The molecule has 1 heterocycles. The van der Waals surface area contributed by atoms with Crippen molar-refractivity contribution in [3.63, 3.8) is 0 Å². The van der Waals surface area contributed by atoms with Crippen LogP contribution in [-0.4, -0.2) is 43.0 Å². The number of aryl methyl sites for hydroxylation is 1. The fraction of sp³-hybridized carbons (Fsp3) is 0.450. The van der Waals surface area contributed by atoms with Gasteiger partial charge in [0.2, 0.25) is 0 Å². The number of guanidine groups is 1. The number of nitrogens with zero attached hydrogens (tertiary/aromatic N) is 2. The lowest BCUT2D eigenvalue weighted by Gasteiger charge is -2.16. The molecule has 8 heteroatoms. The van der Waals surface area contributed by atoms with E-state index in [-0.39, 0.29) is 17.1 Å². The molecule has 1 aliphatic carbocycles. The van der Waals surface area contributed by atoms with E-state index in [0.29, 0.717) is 30.5 Å². The van der Waals surface area contributed by atoms with Crippen LogP contribution in [0.3, 0.4) is 0 Å². The summed E-state index contributed by atoms with van der Waals surface area (Å²) in [5.74, 6) is 0.393. The average molecular weight is 404 g/mol. The van der Waals surface area contributed by atoms with Gasteiger partial charge in [-0.3, -0.25) is 9.79 Å². The van der Waals surface area contributed by atoms with E-state index in [1.807, 2.05) is 19.9 Å². The predicted molar refractivity (Wildman–Crippen MR) is 110 cm³/mol. The van der Waals surface area contributed by atoms with Crippen LogP contribution >= 0.6 is 11.3 Å². The Labute approximate surface area is 168 Å². The lowest BCUT2D eigenvalue weighted by Crippen LogP contribution is -2.42. The summed E-state index contributed by atoms with van der Waals surface area (Å²) in [6.07, 6.45) is 2.03. The maximum Gasteiger partial charge on any atom is 0.263 e. The summed E-state index contributed by atoms with van der Waals surface area (Å²) in [5.41, 5.74) is 3.38. The minimum Gasteiger partial charge on any atom is -0.357 e. The van der Waals surface area contributed by atoms with Crippen molar-refractivity contribution in [3.05, 3.63) is 51.7 Å². The molecule has 1 amide bonds. The molecule has 0 radical (unpaired) electrons. The third-order valence-electron chi connectivity index (χ3n) is 4.83. The van der Waals surface area contributed by atoms with Gasteiger partial charge in [-0.25, -0.2) is 9.37 Å². The number of halogens is 1. The Balaban J connectivity index is 1.50. The van der Waals surface area contributed by atoms with Crippen molar-refractivity contribution in [1.29, 1.82) is 0 Å². The van der Waals surface area contributed by atoms with Crippen molar-refractivity contribution in [2.45, 2.75) is 32.1 Å². The van der Waals surface area contributed by atoms with E-state index in [0.717, 1.165) is 30.6 Å². The number of hydrogen-bond acceptors (Lipinski definition) is 4. The second kappa shape index (κ2) is 9.14. The number of aliphatic imine (C=N–C) groups is 1. The number of rotatable bonds is 8. The van der Waals surface area contributed by atoms with Crippen molar-refractivity contribution in [2.75, 3.05) is 26.2 Å². The zero-order valence-electron chi connectivity index (χ0n) is 16.2. The van der Waals surface area contributed by atoms with E-state index in [2.05, 4.69) is 25.9 Å². The highest BCUT2D eigenvalue weighted by Gasteiger charge is 2.44. The van der Waals surface area contributed by atoms with Crippen LogP contribution in [0.25, 0.3) is 0 Å². The first-order valence-electron chi connectivity index (χ1n) is 9.50. The van der Waals surface area contributed by atoms with Crippen LogP contribution < -0.4 is 16.0 Å². The van der Waals surface area contributed by atoms with Gasteiger partial charge in [0.25, 0.3) is 5.91 Å². The topological polar surface area (TPSA) is 78.4 Å². The molecule has 3 N–H and O–H groups in total. The summed E-state index contributed by atoms with van der Waals surface area (Å²) in [4.78, 5) is 21.5.